The molecule has 1 N–H and O–H groups in total. The Hall–Kier alpha value is -0.700. The Morgan fingerprint density at radius 3 is 2.14 bits per heavy atom. The summed E-state index contributed by atoms with van der Waals surface area (Å²) in [6, 6.07) is 0.118. The maximum atomic E-state index is 12.5. The van der Waals surface area contributed by atoms with Crippen molar-refractivity contribution in [1.29, 1.82) is 0 Å². The van der Waals surface area contributed by atoms with E-state index in [4.69, 9.17) is 4.74 Å². The molecule has 0 aromatic carbocycles. The fourth-order valence-electron chi connectivity index (χ4n) is 2.69. The summed E-state index contributed by atoms with van der Waals surface area (Å²) in [4.78, 5) is 12.0. The minimum atomic E-state index is -3.40. The molecule has 7 nitrogen and oxygen atoms in total. The van der Waals surface area contributed by atoms with Gasteiger partial charge in [-0.2, -0.15) is 17.0 Å². The first-order valence-corrected chi connectivity index (χ1v) is 8.94. The van der Waals surface area contributed by atoms with Gasteiger partial charge in [-0.25, -0.2) is 0 Å². The molecule has 0 aromatic heterocycles. The predicted octanol–water partition coefficient (Wildman–Crippen LogP) is -0.200. The first-order valence-electron chi connectivity index (χ1n) is 7.54. The van der Waals surface area contributed by atoms with Crippen molar-refractivity contribution in [2.75, 3.05) is 39.4 Å². The van der Waals surface area contributed by atoms with Crippen LogP contribution in [0, 0.1) is 5.92 Å². The van der Waals surface area contributed by atoms with Gasteiger partial charge in [0.2, 0.25) is 5.91 Å². The van der Waals surface area contributed by atoms with Gasteiger partial charge in [0, 0.05) is 38.1 Å². The fourth-order valence-corrected chi connectivity index (χ4v) is 4.30. The molecular weight excluding hydrogens is 294 g/mol. The SMILES string of the molecule is CC(C)NC(=O)C1CCN(S(=O)(=O)N2CCOCC2)CC1. The molecule has 0 aromatic rings. The highest BCUT2D eigenvalue weighted by Crippen LogP contribution is 2.22. The van der Waals surface area contributed by atoms with E-state index in [2.05, 4.69) is 5.32 Å². The number of carbonyl (C=O) groups is 1. The molecule has 1 amide bonds. The van der Waals surface area contributed by atoms with Crippen LogP contribution >= 0.6 is 0 Å². The molecule has 0 radical (unpaired) electrons. The maximum absolute atomic E-state index is 12.5. The zero-order valence-electron chi connectivity index (χ0n) is 12.7. The topological polar surface area (TPSA) is 79.0 Å². The summed E-state index contributed by atoms with van der Waals surface area (Å²) in [5.74, 6) is -0.0445. The average Bonchev–Trinajstić information content (AvgIpc) is 2.47. The standard InChI is InChI=1S/C13H25N3O4S/c1-11(2)14-13(17)12-3-5-15(6-4-12)21(18,19)16-7-9-20-10-8-16/h11-12H,3-10H2,1-2H3,(H,14,17). The fraction of sp³-hybridized carbons (Fsp3) is 0.923. The summed E-state index contributed by atoms with van der Waals surface area (Å²) >= 11 is 0. The van der Waals surface area contributed by atoms with E-state index in [1.165, 1.54) is 8.61 Å². The van der Waals surface area contributed by atoms with Crippen molar-refractivity contribution in [1.82, 2.24) is 13.9 Å². The minimum absolute atomic E-state index is 0.0356. The number of hydrogen-bond donors (Lipinski definition) is 1. The highest BCUT2D eigenvalue weighted by molar-refractivity contribution is 7.86. The molecule has 0 atom stereocenters. The van der Waals surface area contributed by atoms with Gasteiger partial charge < -0.3 is 10.1 Å². The molecule has 122 valence electrons. The number of nitrogens with zero attached hydrogens (tertiary/aromatic N) is 2. The van der Waals surface area contributed by atoms with Gasteiger partial charge in [0.25, 0.3) is 10.2 Å². The van der Waals surface area contributed by atoms with E-state index in [1.54, 1.807) is 0 Å². The number of carbonyl (C=O) groups excluding carboxylic acids is 1. The molecule has 0 saturated carbocycles. The number of morpholine rings is 1. The summed E-state index contributed by atoms with van der Waals surface area (Å²) in [7, 11) is -3.40. The van der Waals surface area contributed by atoms with Crippen LogP contribution in [-0.4, -0.2) is 68.4 Å². The summed E-state index contributed by atoms with van der Waals surface area (Å²) in [5.41, 5.74) is 0. The molecule has 2 aliphatic rings. The molecule has 0 unspecified atom stereocenters. The Kier molecular flexibility index (Phi) is 5.59. The maximum Gasteiger partial charge on any atom is 0.282 e. The quantitative estimate of drug-likeness (QED) is 0.778. The Bertz CT molecular complexity index is 452. The van der Waals surface area contributed by atoms with Crippen LogP contribution in [-0.2, 0) is 19.7 Å². The van der Waals surface area contributed by atoms with Crippen LogP contribution < -0.4 is 5.32 Å². The van der Waals surface area contributed by atoms with E-state index in [0.29, 0.717) is 52.2 Å². The number of ether oxygens (including phenoxy) is 1. The molecule has 2 saturated heterocycles. The van der Waals surface area contributed by atoms with E-state index >= 15 is 0 Å². The van der Waals surface area contributed by atoms with Crippen molar-refractivity contribution < 1.29 is 17.9 Å². The second kappa shape index (κ2) is 7.04. The third-order valence-electron chi connectivity index (χ3n) is 3.88. The highest BCUT2D eigenvalue weighted by atomic mass is 32.2. The molecule has 2 heterocycles. The van der Waals surface area contributed by atoms with E-state index < -0.39 is 10.2 Å². The molecule has 2 aliphatic heterocycles. The number of piperidine rings is 1. The van der Waals surface area contributed by atoms with Crippen molar-refractivity contribution >= 4 is 16.1 Å². The van der Waals surface area contributed by atoms with Crippen LogP contribution in [0.4, 0.5) is 0 Å². The van der Waals surface area contributed by atoms with E-state index in [1.807, 2.05) is 13.8 Å². The zero-order valence-corrected chi connectivity index (χ0v) is 13.6. The van der Waals surface area contributed by atoms with Gasteiger partial charge in [-0.1, -0.05) is 0 Å². The second-order valence-electron chi connectivity index (χ2n) is 5.86. The lowest BCUT2D eigenvalue weighted by Gasteiger charge is -2.35. The monoisotopic (exact) mass is 319 g/mol. The van der Waals surface area contributed by atoms with Gasteiger partial charge in [-0.05, 0) is 26.7 Å². The summed E-state index contributed by atoms with van der Waals surface area (Å²) in [5, 5.41) is 2.90. The van der Waals surface area contributed by atoms with Crippen molar-refractivity contribution in [3.63, 3.8) is 0 Å². The Labute approximate surface area is 126 Å². The largest absolute Gasteiger partial charge is 0.379 e. The molecule has 0 bridgehead atoms. The Balaban J connectivity index is 1.89. The van der Waals surface area contributed by atoms with Crippen molar-refractivity contribution in [2.45, 2.75) is 32.7 Å². The Morgan fingerprint density at radius 1 is 1.10 bits per heavy atom. The smallest absolute Gasteiger partial charge is 0.282 e. The molecule has 8 heteroatoms. The van der Waals surface area contributed by atoms with Gasteiger partial charge in [0.1, 0.15) is 0 Å². The van der Waals surface area contributed by atoms with Crippen LogP contribution in [0.5, 0.6) is 0 Å². The average molecular weight is 319 g/mol. The van der Waals surface area contributed by atoms with Gasteiger partial charge in [0.15, 0.2) is 0 Å². The lowest BCUT2D eigenvalue weighted by atomic mass is 9.97. The van der Waals surface area contributed by atoms with Gasteiger partial charge in [-0.3, -0.25) is 4.79 Å². The molecule has 2 fully saturated rings. The third-order valence-corrected chi connectivity index (χ3v) is 5.91. The summed E-state index contributed by atoms with van der Waals surface area (Å²) < 4.78 is 33.1. The normalized spacial score (nSPS) is 23.4. The first kappa shape index (κ1) is 16.7. The van der Waals surface area contributed by atoms with Gasteiger partial charge in [0.05, 0.1) is 13.2 Å². The number of rotatable bonds is 4. The van der Waals surface area contributed by atoms with Crippen LogP contribution in [0.1, 0.15) is 26.7 Å². The van der Waals surface area contributed by atoms with Gasteiger partial charge in [-0.15, -0.1) is 0 Å². The summed E-state index contributed by atoms with van der Waals surface area (Å²) in [6.45, 7) is 6.41. The lowest BCUT2D eigenvalue weighted by Crippen LogP contribution is -2.51. The van der Waals surface area contributed by atoms with Crippen molar-refractivity contribution in [2.24, 2.45) is 5.92 Å². The zero-order chi connectivity index (χ0) is 15.5. The van der Waals surface area contributed by atoms with E-state index in [0.717, 1.165) is 0 Å². The third kappa shape index (κ3) is 4.15. The minimum Gasteiger partial charge on any atom is -0.379 e. The lowest BCUT2D eigenvalue weighted by molar-refractivity contribution is -0.126. The molecule has 2 rings (SSSR count). The summed E-state index contributed by atoms with van der Waals surface area (Å²) in [6.07, 6.45) is 1.17. The van der Waals surface area contributed by atoms with E-state index in [-0.39, 0.29) is 17.9 Å². The molecule has 0 spiro atoms. The van der Waals surface area contributed by atoms with E-state index in [9.17, 15) is 13.2 Å². The second-order valence-corrected chi connectivity index (χ2v) is 7.78. The number of hydrogen-bond acceptors (Lipinski definition) is 4. The number of amides is 1. The van der Waals surface area contributed by atoms with Crippen molar-refractivity contribution in [3.8, 4) is 0 Å². The number of nitrogens with one attached hydrogen (secondary N) is 1. The van der Waals surface area contributed by atoms with Gasteiger partial charge >= 0.3 is 0 Å². The highest BCUT2D eigenvalue weighted by Gasteiger charge is 2.35. The molecule has 0 aliphatic carbocycles. The molecular formula is C13H25N3O4S. The predicted molar refractivity (Wildman–Crippen MR) is 78.9 cm³/mol. The van der Waals surface area contributed by atoms with Crippen LogP contribution in [0.3, 0.4) is 0 Å². The first-order chi connectivity index (χ1) is 9.91. The van der Waals surface area contributed by atoms with Crippen LogP contribution in [0.2, 0.25) is 0 Å². The Morgan fingerprint density at radius 2 is 1.62 bits per heavy atom. The molecule has 21 heavy (non-hydrogen) atoms. The van der Waals surface area contributed by atoms with Crippen LogP contribution in [0.25, 0.3) is 0 Å². The van der Waals surface area contributed by atoms with Crippen molar-refractivity contribution in [3.05, 3.63) is 0 Å². The van der Waals surface area contributed by atoms with Crippen LogP contribution in [0.15, 0.2) is 0 Å².